The first-order chi connectivity index (χ1) is 12.6. The highest BCUT2D eigenvalue weighted by atomic mass is 17.2. The second-order valence-electron chi connectivity index (χ2n) is 8.45. The third kappa shape index (κ3) is 10.3. The minimum absolute atomic E-state index is 0.0712. The average Bonchev–Trinajstić information content (AvgIpc) is 2.66. The first-order valence-electron chi connectivity index (χ1n) is 11.9. The largest absolute Gasteiger partial charge is 0.229 e. The van der Waals surface area contributed by atoms with Crippen molar-refractivity contribution in [1.82, 2.24) is 0 Å². The summed E-state index contributed by atoms with van der Waals surface area (Å²) in [7, 11) is 0. The fourth-order valence-electron chi connectivity index (χ4n) is 4.08. The molecule has 2 nitrogen and oxygen atoms in total. The van der Waals surface area contributed by atoms with Crippen LogP contribution in [0.2, 0.25) is 0 Å². The van der Waals surface area contributed by atoms with Gasteiger partial charge in [0.1, 0.15) is 11.2 Å². The van der Waals surface area contributed by atoms with Crippen LogP contribution in [-0.2, 0) is 9.78 Å². The number of hydrogen-bond donors (Lipinski definition) is 0. The van der Waals surface area contributed by atoms with Crippen LogP contribution in [0.1, 0.15) is 144 Å². The maximum atomic E-state index is 6.49. The zero-order chi connectivity index (χ0) is 19.7. The molecule has 0 heterocycles. The van der Waals surface area contributed by atoms with Gasteiger partial charge in [0.2, 0.25) is 0 Å². The standard InChI is InChI=1S/C24H50O2/c1-7-13-19-23(17-11-5,20-14-8-2)25-26-24(18-12-6,21-15-9-3)22-16-10-4/h7-22H2,1-6H3. The van der Waals surface area contributed by atoms with Crippen LogP contribution in [0.4, 0.5) is 0 Å². The Labute approximate surface area is 165 Å². The Morgan fingerprint density at radius 1 is 0.385 bits per heavy atom. The van der Waals surface area contributed by atoms with E-state index in [1.807, 2.05) is 0 Å². The average molecular weight is 371 g/mol. The molecule has 0 aliphatic heterocycles. The van der Waals surface area contributed by atoms with Crippen LogP contribution >= 0.6 is 0 Å². The molecule has 0 unspecified atom stereocenters. The maximum Gasteiger partial charge on any atom is 0.104 e. The van der Waals surface area contributed by atoms with Gasteiger partial charge in [-0.2, -0.15) is 0 Å². The second-order valence-corrected chi connectivity index (χ2v) is 8.45. The lowest BCUT2D eigenvalue weighted by molar-refractivity contribution is -0.422. The Morgan fingerprint density at radius 2 is 0.654 bits per heavy atom. The molecule has 0 aliphatic rings. The van der Waals surface area contributed by atoms with E-state index in [2.05, 4.69) is 41.5 Å². The Hall–Kier alpha value is -0.0800. The molecule has 0 atom stereocenters. The highest BCUT2D eigenvalue weighted by Crippen LogP contribution is 2.37. The van der Waals surface area contributed by atoms with Gasteiger partial charge in [0.15, 0.2) is 0 Å². The summed E-state index contributed by atoms with van der Waals surface area (Å²) >= 11 is 0. The van der Waals surface area contributed by atoms with Crippen molar-refractivity contribution in [3.63, 3.8) is 0 Å². The molecule has 158 valence electrons. The van der Waals surface area contributed by atoms with E-state index in [1.165, 1.54) is 64.2 Å². The molecule has 0 rings (SSSR count). The second kappa shape index (κ2) is 15.9. The van der Waals surface area contributed by atoms with Crippen LogP contribution in [-0.4, -0.2) is 11.2 Å². The summed E-state index contributed by atoms with van der Waals surface area (Å²) in [5.74, 6) is 0. The van der Waals surface area contributed by atoms with Crippen molar-refractivity contribution in [3.05, 3.63) is 0 Å². The monoisotopic (exact) mass is 370 g/mol. The predicted octanol–water partition coefficient (Wildman–Crippen LogP) is 8.77. The predicted molar refractivity (Wildman–Crippen MR) is 116 cm³/mol. The third-order valence-corrected chi connectivity index (χ3v) is 5.75. The Morgan fingerprint density at radius 3 is 0.846 bits per heavy atom. The van der Waals surface area contributed by atoms with E-state index < -0.39 is 0 Å². The molecule has 0 radical (unpaired) electrons. The van der Waals surface area contributed by atoms with Gasteiger partial charge >= 0.3 is 0 Å². The van der Waals surface area contributed by atoms with Crippen molar-refractivity contribution in [3.8, 4) is 0 Å². The molecular weight excluding hydrogens is 320 g/mol. The van der Waals surface area contributed by atoms with Gasteiger partial charge in [-0.3, -0.25) is 0 Å². The van der Waals surface area contributed by atoms with Gasteiger partial charge < -0.3 is 0 Å². The van der Waals surface area contributed by atoms with Gasteiger partial charge in [0.25, 0.3) is 0 Å². The van der Waals surface area contributed by atoms with E-state index in [0.29, 0.717) is 0 Å². The molecule has 0 amide bonds. The maximum absolute atomic E-state index is 6.49. The lowest BCUT2D eigenvalue weighted by atomic mass is 9.86. The van der Waals surface area contributed by atoms with Gasteiger partial charge in [-0.05, 0) is 38.5 Å². The molecule has 0 bridgehead atoms. The first kappa shape index (κ1) is 25.9. The molecular formula is C24H50O2. The normalized spacial score (nSPS) is 12.7. The van der Waals surface area contributed by atoms with Crippen LogP contribution in [0.3, 0.4) is 0 Å². The van der Waals surface area contributed by atoms with Crippen molar-refractivity contribution in [2.75, 3.05) is 0 Å². The minimum atomic E-state index is -0.0712. The Kier molecular flexibility index (Phi) is 15.9. The van der Waals surface area contributed by atoms with Crippen LogP contribution in [0.15, 0.2) is 0 Å². The van der Waals surface area contributed by atoms with Gasteiger partial charge in [0, 0.05) is 0 Å². The topological polar surface area (TPSA) is 18.5 Å². The Balaban J connectivity index is 5.27. The van der Waals surface area contributed by atoms with Crippen LogP contribution < -0.4 is 0 Å². The number of rotatable bonds is 19. The summed E-state index contributed by atoms with van der Waals surface area (Å²) in [5.41, 5.74) is -0.142. The lowest BCUT2D eigenvalue weighted by Crippen LogP contribution is -2.40. The zero-order valence-corrected chi connectivity index (χ0v) is 19.1. The summed E-state index contributed by atoms with van der Waals surface area (Å²) in [6, 6.07) is 0. The summed E-state index contributed by atoms with van der Waals surface area (Å²) in [6.07, 6.45) is 19.0. The Bertz CT molecular complexity index is 255. The van der Waals surface area contributed by atoms with E-state index in [9.17, 15) is 0 Å². The molecule has 0 saturated carbocycles. The van der Waals surface area contributed by atoms with Crippen molar-refractivity contribution < 1.29 is 9.78 Å². The molecule has 0 aromatic rings. The van der Waals surface area contributed by atoms with Gasteiger partial charge in [0.05, 0.1) is 0 Å². The van der Waals surface area contributed by atoms with E-state index >= 15 is 0 Å². The van der Waals surface area contributed by atoms with Crippen molar-refractivity contribution in [2.24, 2.45) is 0 Å². The van der Waals surface area contributed by atoms with Gasteiger partial charge in [-0.1, -0.05) is 106 Å². The van der Waals surface area contributed by atoms with Gasteiger partial charge in [-0.15, -0.1) is 0 Å². The molecule has 0 aromatic carbocycles. The van der Waals surface area contributed by atoms with Gasteiger partial charge in [-0.25, -0.2) is 9.78 Å². The molecule has 0 spiro atoms. The van der Waals surface area contributed by atoms with E-state index in [1.54, 1.807) is 0 Å². The zero-order valence-electron chi connectivity index (χ0n) is 19.1. The van der Waals surface area contributed by atoms with Crippen molar-refractivity contribution >= 4 is 0 Å². The van der Waals surface area contributed by atoms with Crippen LogP contribution in [0, 0.1) is 0 Å². The first-order valence-corrected chi connectivity index (χ1v) is 11.9. The molecule has 0 saturated heterocycles. The fraction of sp³-hybridized carbons (Fsp3) is 1.00. The summed E-state index contributed by atoms with van der Waals surface area (Å²) in [5, 5.41) is 0. The van der Waals surface area contributed by atoms with Crippen molar-refractivity contribution in [1.29, 1.82) is 0 Å². The molecule has 0 aliphatic carbocycles. The fourth-order valence-corrected chi connectivity index (χ4v) is 4.08. The third-order valence-electron chi connectivity index (χ3n) is 5.75. The van der Waals surface area contributed by atoms with Crippen LogP contribution in [0.25, 0.3) is 0 Å². The van der Waals surface area contributed by atoms with E-state index in [-0.39, 0.29) is 11.2 Å². The number of hydrogen-bond acceptors (Lipinski definition) is 2. The lowest BCUT2D eigenvalue weighted by Gasteiger charge is -2.39. The summed E-state index contributed by atoms with van der Waals surface area (Å²) in [6.45, 7) is 13.7. The molecule has 0 fully saturated rings. The summed E-state index contributed by atoms with van der Waals surface area (Å²) in [4.78, 5) is 13.0. The van der Waals surface area contributed by atoms with Crippen molar-refractivity contribution in [2.45, 2.75) is 155 Å². The highest BCUT2D eigenvalue weighted by Gasteiger charge is 2.37. The molecule has 2 heteroatoms. The molecule has 26 heavy (non-hydrogen) atoms. The summed E-state index contributed by atoms with van der Waals surface area (Å²) < 4.78 is 0. The van der Waals surface area contributed by atoms with Crippen LogP contribution in [0.5, 0.6) is 0 Å². The molecule has 0 N–H and O–H groups in total. The number of unbranched alkanes of at least 4 members (excludes halogenated alkanes) is 4. The minimum Gasteiger partial charge on any atom is -0.229 e. The highest BCUT2D eigenvalue weighted by molar-refractivity contribution is 4.82. The van der Waals surface area contributed by atoms with E-state index in [0.717, 1.165) is 38.5 Å². The SMILES string of the molecule is CCCCC(CCC)(CCCC)OOC(CCC)(CCCC)CCCC. The quantitative estimate of drug-likeness (QED) is 0.167. The molecule has 0 aromatic heterocycles. The van der Waals surface area contributed by atoms with E-state index in [4.69, 9.17) is 9.78 Å². The smallest absolute Gasteiger partial charge is 0.104 e.